The fourth-order valence-corrected chi connectivity index (χ4v) is 3.37. The van der Waals surface area contributed by atoms with Crippen molar-refractivity contribution >= 4 is 52.0 Å². The number of allylic oxidation sites excluding steroid dienone is 1. The lowest BCUT2D eigenvalue weighted by Gasteiger charge is -2.08. The summed E-state index contributed by atoms with van der Waals surface area (Å²) in [6.07, 6.45) is 3.77. The molecule has 0 bridgehead atoms. The van der Waals surface area contributed by atoms with Crippen LogP contribution in [-0.4, -0.2) is 32.9 Å². The van der Waals surface area contributed by atoms with Crippen molar-refractivity contribution in [3.8, 4) is 5.82 Å². The molecule has 4 aromatic rings. The Morgan fingerprint density at radius 1 is 1.14 bits per heavy atom. The van der Waals surface area contributed by atoms with Gasteiger partial charge in [0, 0.05) is 23.0 Å². The summed E-state index contributed by atoms with van der Waals surface area (Å²) in [4.78, 5) is 16.8. The number of rotatable bonds is 7. The minimum Gasteiger partial charge on any atom is -0.398 e. The van der Waals surface area contributed by atoms with Gasteiger partial charge >= 0.3 is 0 Å². The summed E-state index contributed by atoms with van der Waals surface area (Å²) in [6, 6.07) is 17.3. The van der Waals surface area contributed by atoms with Crippen molar-refractivity contribution in [2.75, 3.05) is 16.4 Å². The van der Waals surface area contributed by atoms with Crippen molar-refractivity contribution < 1.29 is 9.18 Å². The van der Waals surface area contributed by atoms with E-state index < -0.39 is 11.9 Å². The fourth-order valence-electron chi connectivity index (χ4n) is 3.37. The van der Waals surface area contributed by atoms with Gasteiger partial charge in [0.15, 0.2) is 11.6 Å². The van der Waals surface area contributed by atoms with E-state index in [4.69, 9.17) is 16.6 Å². The van der Waals surface area contributed by atoms with Crippen molar-refractivity contribution in [1.82, 2.24) is 14.8 Å². The highest BCUT2D eigenvalue weighted by Crippen LogP contribution is 2.29. The van der Waals surface area contributed by atoms with Crippen molar-refractivity contribution in [2.24, 2.45) is 0 Å². The quantitative estimate of drug-likeness (QED) is 0.120. The number of fused-ring (bicyclic) bond motifs is 1. The summed E-state index contributed by atoms with van der Waals surface area (Å²) in [5.74, 6) is -0.297. The molecule has 4 rings (SSSR count). The molecule has 0 unspecified atom stereocenters. The van der Waals surface area contributed by atoms with E-state index in [0.717, 1.165) is 17.1 Å². The summed E-state index contributed by atoms with van der Waals surface area (Å²) < 4.78 is 15.1. The molecule has 0 aliphatic heterocycles. The number of para-hydroxylation sites is 1. The topological polar surface area (TPSA) is 146 Å². The number of nitrogens with one attached hydrogen (secondary N) is 4. The number of nitrogens with two attached hydrogens (primary N) is 1. The first-order valence-electron chi connectivity index (χ1n) is 11.7. The maximum Gasteiger partial charge on any atom is 0.258 e. The summed E-state index contributed by atoms with van der Waals surface area (Å²) in [7, 11) is 0. The van der Waals surface area contributed by atoms with Gasteiger partial charge in [0.2, 0.25) is 5.97 Å². The third-order valence-corrected chi connectivity index (χ3v) is 5.06. The number of hydrogen-bond donors (Lipinski definition) is 5. The van der Waals surface area contributed by atoms with E-state index >= 15 is 0 Å². The van der Waals surface area contributed by atoms with Crippen molar-refractivity contribution in [3.63, 3.8) is 0 Å². The largest absolute Gasteiger partial charge is 0.398 e. The molecule has 0 fully saturated rings. The van der Waals surface area contributed by atoms with Crippen LogP contribution < -0.4 is 16.4 Å². The van der Waals surface area contributed by atoms with E-state index in [9.17, 15) is 9.18 Å². The van der Waals surface area contributed by atoms with Gasteiger partial charge in [-0.1, -0.05) is 44.5 Å². The molecule has 1 amide bonds. The average molecular weight is 501 g/mol. The lowest BCUT2D eigenvalue weighted by Crippen LogP contribution is -2.16. The van der Waals surface area contributed by atoms with Crippen LogP contribution in [0.15, 0.2) is 72.3 Å². The molecule has 10 heteroatoms. The molecule has 0 saturated heterocycles. The van der Waals surface area contributed by atoms with Gasteiger partial charge in [-0.25, -0.2) is 9.67 Å². The Morgan fingerprint density at radius 2 is 1.86 bits per heavy atom. The second-order valence-electron chi connectivity index (χ2n) is 7.95. The summed E-state index contributed by atoms with van der Waals surface area (Å²) >= 11 is 0. The SMILES string of the molecule is C/C=C(\C=N)C(=O)Nc1cccc(-n2nc(Nc3ccc(N)c(C(=N)F)c3)c3ccccc32)n1.CCC. The molecular weight excluding hydrogens is 471 g/mol. The lowest BCUT2D eigenvalue weighted by molar-refractivity contribution is -0.112. The first-order valence-corrected chi connectivity index (χ1v) is 11.7. The number of carbonyl (C=O) groups is 1. The van der Waals surface area contributed by atoms with Crippen LogP contribution in [-0.2, 0) is 4.79 Å². The molecule has 0 saturated carbocycles. The van der Waals surface area contributed by atoms with Crippen LogP contribution in [0.3, 0.4) is 0 Å². The zero-order chi connectivity index (χ0) is 26.9. The Hall–Kier alpha value is -4.86. The molecule has 0 aliphatic rings. The van der Waals surface area contributed by atoms with Crippen LogP contribution in [0.1, 0.15) is 32.8 Å². The first-order chi connectivity index (χ1) is 17.8. The van der Waals surface area contributed by atoms with E-state index in [-0.39, 0.29) is 16.8 Å². The maximum atomic E-state index is 13.5. The molecule has 9 nitrogen and oxygen atoms in total. The minimum atomic E-state index is -1.12. The van der Waals surface area contributed by atoms with E-state index in [2.05, 4.69) is 34.6 Å². The smallest absolute Gasteiger partial charge is 0.258 e. The monoisotopic (exact) mass is 500 g/mol. The van der Waals surface area contributed by atoms with Gasteiger partial charge in [0.1, 0.15) is 5.82 Å². The molecule has 0 aliphatic carbocycles. The van der Waals surface area contributed by atoms with Crippen molar-refractivity contribution in [2.45, 2.75) is 27.2 Å². The van der Waals surface area contributed by atoms with Crippen LogP contribution in [0, 0.1) is 10.8 Å². The zero-order valence-corrected chi connectivity index (χ0v) is 20.8. The number of nitrogens with zero attached hydrogens (tertiary/aromatic N) is 3. The number of benzene rings is 2. The molecule has 190 valence electrons. The summed E-state index contributed by atoms with van der Waals surface area (Å²) in [5.41, 5.74) is 7.40. The molecule has 0 radical (unpaired) electrons. The van der Waals surface area contributed by atoms with Gasteiger partial charge in [-0.2, -0.15) is 4.39 Å². The van der Waals surface area contributed by atoms with E-state index in [0.29, 0.717) is 23.1 Å². The molecule has 2 heterocycles. The minimum absolute atomic E-state index is 0.00994. The van der Waals surface area contributed by atoms with Crippen molar-refractivity contribution in [3.05, 3.63) is 77.9 Å². The molecular formula is C27H29FN8O. The fraction of sp³-hybridized carbons (Fsp3) is 0.148. The number of nitrogen functional groups attached to an aromatic ring is 1. The third-order valence-electron chi connectivity index (χ3n) is 5.06. The maximum absolute atomic E-state index is 13.5. The molecule has 6 N–H and O–H groups in total. The predicted molar refractivity (Wildman–Crippen MR) is 148 cm³/mol. The molecule has 0 atom stereocenters. The first kappa shape index (κ1) is 26.7. The zero-order valence-electron chi connectivity index (χ0n) is 20.8. The van der Waals surface area contributed by atoms with Crippen LogP contribution in [0.2, 0.25) is 0 Å². The van der Waals surface area contributed by atoms with Crippen LogP contribution in [0.25, 0.3) is 16.7 Å². The normalized spacial score (nSPS) is 10.9. The Morgan fingerprint density at radius 3 is 2.54 bits per heavy atom. The van der Waals surface area contributed by atoms with Crippen LogP contribution in [0.5, 0.6) is 0 Å². The van der Waals surface area contributed by atoms with E-state index in [1.807, 2.05) is 24.3 Å². The summed E-state index contributed by atoms with van der Waals surface area (Å²) in [6.45, 7) is 5.93. The Bertz CT molecular complexity index is 1470. The molecule has 2 aromatic carbocycles. The lowest BCUT2D eigenvalue weighted by atomic mass is 10.1. The van der Waals surface area contributed by atoms with Gasteiger partial charge in [-0.15, -0.1) is 5.10 Å². The Kier molecular flexibility index (Phi) is 8.82. The number of halogens is 1. The van der Waals surface area contributed by atoms with Gasteiger partial charge in [0.25, 0.3) is 5.91 Å². The highest BCUT2D eigenvalue weighted by atomic mass is 19.1. The predicted octanol–water partition coefficient (Wildman–Crippen LogP) is 5.99. The number of aromatic nitrogens is 3. The summed E-state index contributed by atoms with van der Waals surface area (Å²) in [5, 5.41) is 25.9. The Balaban J connectivity index is 0.00000121. The number of carbonyl (C=O) groups excluding carboxylic acids is 1. The van der Waals surface area contributed by atoms with E-state index in [1.54, 1.807) is 35.9 Å². The van der Waals surface area contributed by atoms with Crippen LogP contribution in [0.4, 0.5) is 27.4 Å². The van der Waals surface area contributed by atoms with Gasteiger partial charge in [-0.3, -0.25) is 10.2 Å². The highest BCUT2D eigenvalue weighted by Gasteiger charge is 2.15. The highest BCUT2D eigenvalue weighted by molar-refractivity contribution is 6.16. The number of pyridine rings is 1. The van der Waals surface area contributed by atoms with Gasteiger partial charge in [0.05, 0.1) is 16.7 Å². The van der Waals surface area contributed by atoms with E-state index in [1.165, 1.54) is 24.6 Å². The third kappa shape index (κ3) is 6.23. The molecule has 0 spiro atoms. The second kappa shape index (κ2) is 12.2. The number of hydrogen-bond acceptors (Lipinski definition) is 7. The van der Waals surface area contributed by atoms with Crippen LogP contribution >= 0.6 is 0 Å². The Labute approximate surface area is 214 Å². The van der Waals surface area contributed by atoms with Gasteiger partial charge in [-0.05, 0) is 49.4 Å². The average Bonchev–Trinajstić information content (AvgIpc) is 3.25. The second-order valence-corrected chi connectivity index (χ2v) is 7.95. The number of amides is 1. The molecule has 37 heavy (non-hydrogen) atoms. The van der Waals surface area contributed by atoms with Gasteiger partial charge < -0.3 is 21.8 Å². The van der Waals surface area contributed by atoms with Crippen molar-refractivity contribution in [1.29, 1.82) is 10.8 Å². The molecule has 2 aromatic heterocycles. The standard InChI is InChI=1S/C24H21FN8O.C3H8/c1-2-14(13-26)24(34)31-20-8-5-9-21(30-20)33-19-7-4-3-6-16(19)23(32-33)29-15-10-11-18(27)17(12-15)22(25)28;1-3-2/h2-13,26,28H,27H2,1H3,(H,29,32)(H,30,31,34);3H2,1-2H3/b14-2+,26-13?,28-22?;. The number of anilines is 4.